The van der Waals surface area contributed by atoms with Gasteiger partial charge in [-0.15, -0.1) is 0 Å². The summed E-state index contributed by atoms with van der Waals surface area (Å²) in [4.78, 5) is 14.5. The fourth-order valence-corrected chi connectivity index (χ4v) is 2.79. The van der Waals surface area contributed by atoms with Crippen molar-refractivity contribution >= 4 is 5.91 Å². The van der Waals surface area contributed by atoms with Gasteiger partial charge in [0, 0.05) is 25.7 Å². The van der Waals surface area contributed by atoms with Crippen LogP contribution >= 0.6 is 0 Å². The predicted molar refractivity (Wildman–Crippen MR) is 81.6 cm³/mol. The molecule has 1 amide bonds. The van der Waals surface area contributed by atoms with E-state index in [0.717, 1.165) is 25.9 Å². The molecule has 0 aromatic rings. The lowest BCUT2D eigenvalue weighted by Gasteiger charge is -2.44. The third-order valence-corrected chi connectivity index (χ3v) is 3.81. The summed E-state index contributed by atoms with van der Waals surface area (Å²) >= 11 is 0. The monoisotopic (exact) mass is 285 g/mol. The molecule has 1 heterocycles. The highest BCUT2D eigenvalue weighted by molar-refractivity contribution is 5.81. The highest BCUT2D eigenvalue weighted by Crippen LogP contribution is 2.22. The van der Waals surface area contributed by atoms with Crippen LogP contribution < -0.4 is 11.1 Å². The number of morpholine rings is 1. The number of nitrogens with two attached hydrogens (primary N) is 1. The van der Waals surface area contributed by atoms with E-state index in [0.29, 0.717) is 6.54 Å². The third kappa shape index (κ3) is 5.04. The smallest absolute Gasteiger partial charge is 0.237 e. The van der Waals surface area contributed by atoms with Gasteiger partial charge in [0.2, 0.25) is 5.91 Å². The number of carbonyl (C=O) groups excluding carboxylic acids is 1. The summed E-state index contributed by atoms with van der Waals surface area (Å²) in [5.74, 6) is 0.0967. The SMILES string of the molecule is CCCC(C)NC(=O)C(C)N1CC(CN)OC(C)(C)C1. The van der Waals surface area contributed by atoms with Gasteiger partial charge in [0.1, 0.15) is 0 Å². The quantitative estimate of drug-likeness (QED) is 0.767. The van der Waals surface area contributed by atoms with E-state index in [1.165, 1.54) is 0 Å². The van der Waals surface area contributed by atoms with Gasteiger partial charge in [0.15, 0.2) is 0 Å². The molecule has 5 nitrogen and oxygen atoms in total. The first-order valence-corrected chi connectivity index (χ1v) is 7.71. The summed E-state index contributed by atoms with van der Waals surface area (Å²) in [6, 6.07) is 0.0841. The summed E-state index contributed by atoms with van der Waals surface area (Å²) in [5, 5.41) is 3.09. The van der Waals surface area contributed by atoms with Crippen molar-refractivity contribution in [3.05, 3.63) is 0 Å². The molecule has 1 rings (SSSR count). The van der Waals surface area contributed by atoms with Gasteiger partial charge in [0.05, 0.1) is 17.7 Å². The molecule has 0 radical (unpaired) electrons. The van der Waals surface area contributed by atoms with Crippen molar-refractivity contribution < 1.29 is 9.53 Å². The number of rotatable bonds is 6. The van der Waals surface area contributed by atoms with Crippen molar-refractivity contribution in [3.8, 4) is 0 Å². The van der Waals surface area contributed by atoms with Gasteiger partial charge in [-0.2, -0.15) is 0 Å². The molecule has 118 valence electrons. The van der Waals surface area contributed by atoms with Crippen LogP contribution in [0.5, 0.6) is 0 Å². The number of hydrogen-bond donors (Lipinski definition) is 2. The minimum atomic E-state index is -0.258. The van der Waals surface area contributed by atoms with Crippen LogP contribution in [0.25, 0.3) is 0 Å². The maximum atomic E-state index is 12.3. The van der Waals surface area contributed by atoms with Crippen LogP contribution in [-0.4, -0.2) is 54.2 Å². The second-order valence-corrected chi connectivity index (χ2v) is 6.54. The molecule has 0 saturated carbocycles. The largest absolute Gasteiger partial charge is 0.368 e. The molecule has 20 heavy (non-hydrogen) atoms. The van der Waals surface area contributed by atoms with Crippen LogP contribution in [0.1, 0.15) is 47.5 Å². The Morgan fingerprint density at radius 1 is 1.50 bits per heavy atom. The number of hydrogen-bond acceptors (Lipinski definition) is 4. The molecule has 3 N–H and O–H groups in total. The van der Waals surface area contributed by atoms with E-state index in [9.17, 15) is 4.79 Å². The second-order valence-electron chi connectivity index (χ2n) is 6.54. The van der Waals surface area contributed by atoms with Crippen molar-refractivity contribution in [2.24, 2.45) is 5.73 Å². The van der Waals surface area contributed by atoms with Crippen LogP contribution in [0.3, 0.4) is 0 Å². The zero-order valence-corrected chi connectivity index (χ0v) is 13.6. The summed E-state index contributed by atoms with van der Waals surface area (Å²) in [7, 11) is 0. The summed E-state index contributed by atoms with van der Waals surface area (Å²) in [6.07, 6.45) is 2.09. The molecule has 3 atom stereocenters. The van der Waals surface area contributed by atoms with E-state index in [2.05, 4.69) is 24.1 Å². The maximum Gasteiger partial charge on any atom is 0.237 e. The van der Waals surface area contributed by atoms with Gasteiger partial charge in [-0.25, -0.2) is 0 Å². The minimum Gasteiger partial charge on any atom is -0.368 e. The summed E-state index contributed by atoms with van der Waals surface area (Å²) in [5.41, 5.74) is 5.47. The van der Waals surface area contributed by atoms with Gasteiger partial charge in [-0.05, 0) is 34.1 Å². The Balaban J connectivity index is 2.60. The molecule has 1 aliphatic rings. The Hall–Kier alpha value is -0.650. The number of amides is 1. The highest BCUT2D eigenvalue weighted by Gasteiger charge is 2.36. The van der Waals surface area contributed by atoms with Gasteiger partial charge >= 0.3 is 0 Å². The van der Waals surface area contributed by atoms with Gasteiger partial charge < -0.3 is 15.8 Å². The molecule has 1 aliphatic heterocycles. The van der Waals surface area contributed by atoms with Crippen molar-refractivity contribution in [1.29, 1.82) is 0 Å². The standard InChI is InChI=1S/C15H31N3O2/c1-6-7-11(2)17-14(19)12(3)18-9-13(8-16)20-15(4,5)10-18/h11-13H,6-10,16H2,1-5H3,(H,17,19). The Kier molecular flexibility index (Phi) is 6.43. The van der Waals surface area contributed by atoms with E-state index in [-0.39, 0.29) is 29.7 Å². The first kappa shape index (κ1) is 17.4. The molecular formula is C15H31N3O2. The molecule has 1 fully saturated rings. The zero-order chi connectivity index (χ0) is 15.3. The van der Waals surface area contributed by atoms with Crippen molar-refractivity contribution in [2.75, 3.05) is 19.6 Å². The van der Waals surface area contributed by atoms with Crippen LogP contribution in [0.2, 0.25) is 0 Å². The van der Waals surface area contributed by atoms with E-state index in [4.69, 9.17) is 10.5 Å². The molecular weight excluding hydrogens is 254 g/mol. The first-order valence-electron chi connectivity index (χ1n) is 7.71. The fraction of sp³-hybridized carbons (Fsp3) is 0.933. The van der Waals surface area contributed by atoms with E-state index < -0.39 is 0 Å². The molecule has 1 saturated heterocycles. The Morgan fingerprint density at radius 3 is 2.70 bits per heavy atom. The molecule has 0 spiro atoms. The molecule has 0 aromatic heterocycles. The fourth-order valence-electron chi connectivity index (χ4n) is 2.79. The van der Waals surface area contributed by atoms with E-state index in [1.54, 1.807) is 0 Å². The Labute approximate surface area is 123 Å². The van der Waals surface area contributed by atoms with E-state index in [1.807, 2.05) is 20.8 Å². The number of ether oxygens (including phenoxy) is 1. The van der Waals surface area contributed by atoms with Crippen LogP contribution in [0, 0.1) is 0 Å². The van der Waals surface area contributed by atoms with Crippen LogP contribution in [-0.2, 0) is 9.53 Å². The number of carbonyl (C=O) groups is 1. The molecule has 3 unspecified atom stereocenters. The van der Waals surface area contributed by atoms with Crippen molar-refractivity contribution in [3.63, 3.8) is 0 Å². The molecule has 0 aromatic carbocycles. The Bertz CT molecular complexity index is 320. The van der Waals surface area contributed by atoms with Crippen LogP contribution in [0.15, 0.2) is 0 Å². The minimum absolute atomic E-state index is 0.00191. The lowest BCUT2D eigenvalue weighted by atomic mass is 10.0. The van der Waals surface area contributed by atoms with E-state index >= 15 is 0 Å². The average Bonchev–Trinajstić information content (AvgIpc) is 2.35. The summed E-state index contributed by atoms with van der Waals surface area (Å²) in [6.45, 7) is 12.2. The van der Waals surface area contributed by atoms with Gasteiger partial charge in [-0.3, -0.25) is 9.69 Å². The number of nitrogens with zero attached hydrogens (tertiary/aromatic N) is 1. The maximum absolute atomic E-state index is 12.3. The molecule has 5 heteroatoms. The van der Waals surface area contributed by atoms with Crippen LogP contribution in [0.4, 0.5) is 0 Å². The second kappa shape index (κ2) is 7.38. The lowest BCUT2D eigenvalue weighted by molar-refractivity contribution is -0.150. The van der Waals surface area contributed by atoms with Crippen molar-refractivity contribution in [1.82, 2.24) is 10.2 Å². The highest BCUT2D eigenvalue weighted by atomic mass is 16.5. The zero-order valence-electron chi connectivity index (χ0n) is 13.6. The first-order chi connectivity index (χ1) is 9.29. The topological polar surface area (TPSA) is 67.6 Å². The van der Waals surface area contributed by atoms with Crippen molar-refractivity contribution in [2.45, 2.75) is 71.2 Å². The third-order valence-electron chi connectivity index (χ3n) is 3.81. The molecule has 0 aliphatic carbocycles. The van der Waals surface area contributed by atoms with Gasteiger partial charge in [-0.1, -0.05) is 13.3 Å². The molecule has 0 bridgehead atoms. The number of nitrogens with one attached hydrogen (secondary N) is 1. The normalized spacial score (nSPS) is 26.0. The summed E-state index contributed by atoms with van der Waals surface area (Å²) < 4.78 is 5.90. The Morgan fingerprint density at radius 2 is 2.15 bits per heavy atom. The van der Waals surface area contributed by atoms with Gasteiger partial charge in [0.25, 0.3) is 0 Å². The lowest BCUT2D eigenvalue weighted by Crippen LogP contribution is -2.60. The average molecular weight is 285 g/mol. The predicted octanol–water partition coefficient (Wildman–Crippen LogP) is 1.12.